The molecule has 0 saturated carbocycles. The van der Waals surface area contributed by atoms with Gasteiger partial charge in [0, 0.05) is 0 Å². The van der Waals surface area contributed by atoms with Crippen molar-refractivity contribution >= 4 is 18.1 Å². The molecule has 2 N–H and O–H groups in total. The average Bonchev–Trinajstić information content (AvgIpc) is 2.54. The van der Waals surface area contributed by atoms with E-state index in [0.717, 1.165) is 0 Å². The van der Waals surface area contributed by atoms with E-state index >= 15 is 0 Å². The van der Waals surface area contributed by atoms with Crippen LogP contribution in [0.3, 0.4) is 0 Å². The van der Waals surface area contributed by atoms with Gasteiger partial charge in [-0.3, -0.25) is 0 Å². The Morgan fingerprint density at radius 3 is 2.44 bits per heavy atom. The number of aromatic nitrogens is 1. The Labute approximate surface area is 103 Å². The minimum Gasteiger partial charge on any atom is -0.475 e. The fourth-order valence-electron chi connectivity index (χ4n) is 0.995. The second-order valence-electron chi connectivity index (χ2n) is 4.41. The quantitative estimate of drug-likeness (QED) is 0.625. The molecule has 0 unspecified atom stereocenters. The van der Waals surface area contributed by atoms with E-state index in [4.69, 9.17) is 14.3 Å². The molecule has 0 spiro atoms. The highest BCUT2D eigenvalue weighted by Gasteiger charge is 2.20. The third kappa shape index (κ3) is 3.96. The van der Waals surface area contributed by atoms with Gasteiger partial charge in [0.15, 0.2) is 0 Å². The van der Waals surface area contributed by atoms with Crippen LogP contribution in [0.1, 0.15) is 37.0 Å². The lowest BCUT2D eigenvalue weighted by Gasteiger charge is -2.17. The Bertz CT molecular complexity index is 459. The third-order valence-corrected chi connectivity index (χ3v) is 1.60. The summed E-state index contributed by atoms with van der Waals surface area (Å²) < 4.78 is 9.64. The normalized spacial score (nSPS) is 10.9. The molecule has 0 aliphatic rings. The number of hydrogen-bond acceptors (Lipinski definition) is 7. The highest BCUT2D eigenvalue weighted by molar-refractivity contribution is 5.85. The van der Waals surface area contributed by atoms with E-state index in [0.29, 0.717) is 0 Å². The van der Waals surface area contributed by atoms with Crippen molar-refractivity contribution in [1.82, 2.24) is 4.98 Å². The zero-order valence-corrected chi connectivity index (χ0v) is 10.4. The molecule has 0 fully saturated rings. The van der Waals surface area contributed by atoms with Crippen molar-refractivity contribution < 1.29 is 28.7 Å². The second-order valence-corrected chi connectivity index (χ2v) is 4.41. The standard InChI is InChI=1S/C10H14N2O6/c1-5-6(7(13)14)16-8(11-5)12-18-9(15)17-10(2,3)4/h1-4H3,(H,11,12)(H,13,14). The molecule has 0 saturated heterocycles. The fraction of sp³-hybridized carbons (Fsp3) is 0.500. The molecule has 100 valence electrons. The van der Waals surface area contributed by atoms with Crippen LogP contribution >= 0.6 is 0 Å². The zero-order valence-electron chi connectivity index (χ0n) is 10.4. The predicted octanol–water partition coefficient (Wildman–Crippen LogP) is 1.96. The summed E-state index contributed by atoms with van der Waals surface area (Å²) in [6.45, 7) is 6.47. The molecule has 0 aliphatic heterocycles. The Kier molecular flexibility index (Phi) is 3.79. The maximum atomic E-state index is 11.2. The molecule has 0 aliphatic carbocycles. The Hall–Kier alpha value is -2.25. The first-order valence-electron chi connectivity index (χ1n) is 5.05. The molecular weight excluding hydrogens is 244 g/mol. The molecule has 1 aromatic heterocycles. The highest BCUT2D eigenvalue weighted by Crippen LogP contribution is 2.15. The predicted molar refractivity (Wildman–Crippen MR) is 59.1 cm³/mol. The van der Waals surface area contributed by atoms with E-state index in [2.05, 4.69) is 15.3 Å². The van der Waals surface area contributed by atoms with Gasteiger partial charge >= 0.3 is 18.1 Å². The Balaban J connectivity index is 2.57. The summed E-state index contributed by atoms with van der Waals surface area (Å²) in [6.07, 6.45) is -0.977. The summed E-state index contributed by atoms with van der Waals surface area (Å²) >= 11 is 0. The van der Waals surface area contributed by atoms with Crippen molar-refractivity contribution in [2.45, 2.75) is 33.3 Å². The molecule has 0 atom stereocenters. The minimum atomic E-state index is -1.26. The highest BCUT2D eigenvalue weighted by atomic mass is 16.8. The summed E-state index contributed by atoms with van der Waals surface area (Å²) in [5, 5.41) is 8.72. The van der Waals surface area contributed by atoms with Crippen LogP contribution in [-0.2, 0) is 9.57 Å². The van der Waals surface area contributed by atoms with Gasteiger partial charge in [-0.2, -0.15) is 10.5 Å². The Morgan fingerprint density at radius 2 is 2.00 bits per heavy atom. The number of carbonyl (C=O) groups excluding carboxylic acids is 1. The summed E-state index contributed by atoms with van der Waals surface area (Å²) in [4.78, 5) is 30.0. The van der Waals surface area contributed by atoms with Crippen molar-refractivity contribution in [1.29, 1.82) is 0 Å². The molecule has 1 heterocycles. The van der Waals surface area contributed by atoms with E-state index in [1.807, 2.05) is 0 Å². The first kappa shape index (κ1) is 13.8. The smallest absolute Gasteiger partial charge is 0.475 e. The number of rotatable bonds is 3. The molecule has 0 aromatic carbocycles. The summed E-state index contributed by atoms with van der Waals surface area (Å²) in [5.41, 5.74) is 1.54. The molecule has 0 bridgehead atoms. The molecule has 1 rings (SSSR count). The number of anilines is 1. The van der Waals surface area contributed by atoms with E-state index in [1.165, 1.54) is 6.92 Å². The van der Waals surface area contributed by atoms with Crippen LogP contribution in [0.4, 0.5) is 10.8 Å². The molecular formula is C10H14N2O6. The molecule has 8 nitrogen and oxygen atoms in total. The molecule has 0 amide bonds. The number of nitrogens with one attached hydrogen (secondary N) is 1. The average molecular weight is 258 g/mol. The van der Waals surface area contributed by atoms with Gasteiger partial charge in [-0.1, -0.05) is 0 Å². The first-order chi connectivity index (χ1) is 8.19. The number of carboxylic acids is 1. The molecule has 1 aromatic rings. The van der Waals surface area contributed by atoms with Crippen LogP contribution in [0.5, 0.6) is 0 Å². The van der Waals surface area contributed by atoms with E-state index < -0.39 is 17.7 Å². The number of carbonyl (C=O) groups is 2. The summed E-state index contributed by atoms with van der Waals surface area (Å²) in [7, 11) is 0. The van der Waals surface area contributed by atoms with E-state index in [9.17, 15) is 9.59 Å². The van der Waals surface area contributed by atoms with Crippen LogP contribution < -0.4 is 5.48 Å². The lowest BCUT2D eigenvalue weighted by atomic mass is 10.2. The van der Waals surface area contributed by atoms with Gasteiger partial charge in [0.05, 0.1) is 5.69 Å². The van der Waals surface area contributed by atoms with E-state index in [1.54, 1.807) is 20.8 Å². The van der Waals surface area contributed by atoms with Crippen molar-refractivity contribution in [2.24, 2.45) is 0 Å². The lowest BCUT2D eigenvalue weighted by Crippen LogP contribution is -2.25. The van der Waals surface area contributed by atoms with Gasteiger partial charge in [0.2, 0.25) is 5.76 Å². The van der Waals surface area contributed by atoms with Crippen LogP contribution in [-0.4, -0.2) is 27.8 Å². The van der Waals surface area contributed by atoms with Gasteiger partial charge in [0.25, 0.3) is 0 Å². The summed E-state index contributed by atoms with van der Waals surface area (Å²) in [6, 6.07) is -0.240. The van der Waals surface area contributed by atoms with Gasteiger partial charge in [-0.05, 0) is 27.7 Å². The van der Waals surface area contributed by atoms with Gasteiger partial charge < -0.3 is 19.1 Å². The maximum Gasteiger partial charge on any atom is 0.533 e. The number of hydrogen-bond donors (Lipinski definition) is 2. The lowest BCUT2D eigenvalue weighted by molar-refractivity contribution is 0.00189. The number of aromatic carboxylic acids is 1. The number of oxazole rings is 1. The second kappa shape index (κ2) is 4.94. The van der Waals surface area contributed by atoms with Gasteiger partial charge in [0.1, 0.15) is 5.60 Å². The van der Waals surface area contributed by atoms with Crippen LogP contribution in [0.25, 0.3) is 0 Å². The maximum absolute atomic E-state index is 11.2. The topological polar surface area (TPSA) is 111 Å². The molecule has 0 radical (unpaired) electrons. The monoisotopic (exact) mass is 258 g/mol. The number of ether oxygens (including phenoxy) is 1. The van der Waals surface area contributed by atoms with Crippen molar-refractivity contribution in [3.8, 4) is 0 Å². The zero-order chi connectivity index (χ0) is 13.9. The first-order valence-corrected chi connectivity index (χ1v) is 5.05. The number of nitrogens with zero attached hydrogens (tertiary/aromatic N) is 1. The molecule has 18 heavy (non-hydrogen) atoms. The van der Waals surface area contributed by atoms with Crippen molar-refractivity contribution in [3.63, 3.8) is 0 Å². The largest absolute Gasteiger partial charge is 0.533 e. The van der Waals surface area contributed by atoms with Crippen molar-refractivity contribution in [3.05, 3.63) is 11.5 Å². The van der Waals surface area contributed by atoms with Crippen LogP contribution in [0.15, 0.2) is 4.42 Å². The van der Waals surface area contributed by atoms with Crippen LogP contribution in [0, 0.1) is 6.92 Å². The van der Waals surface area contributed by atoms with Gasteiger partial charge in [-0.25, -0.2) is 9.59 Å². The fourth-order valence-corrected chi connectivity index (χ4v) is 0.995. The number of carboxylic acid groups (broad SMARTS) is 1. The number of aryl methyl sites for hydroxylation is 1. The third-order valence-electron chi connectivity index (χ3n) is 1.60. The van der Waals surface area contributed by atoms with E-state index in [-0.39, 0.29) is 17.5 Å². The van der Waals surface area contributed by atoms with Gasteiger partial charge in [-0.15, -0.1) is 0 Å². The SMILES string of the molecule is Cc1nc(NOC(=O)OC(C)(C)C)oc1C(=O)O. The molecule has 8 heteroatoms. The van der Waals surface area contributed by atoms with Crippen molar-refractivity contribution in [2.75, 3.05) is 5.48 Å². The Morgan fingerprint density at radius 1 is 1.39 bits per heavy atom. The van der Waals surface area contributed by atoms with Crippen LogP contribution in [0.2, 0.25) is 0 Å². The summed E-state index contributed by atoms with van der Waals surface area (Å²) in [5.74, 6) is -1.59. The minimum absolute atomic E-state index is 0.165.